The Labute approximate surface area is 112 Å². The van der Waals surface area contributed by atoms with Crippen molar-refractivity contribution in [2.75, 3.05) is 19.7 Å². The van der Waals surface area contributed by atoms with E-state index >= 15 is 0 Å². The number of piperidine rings is 1. The van der Waals surface area contributed by atoms with Crippen LogP contribution in [-0.4, -0.2) is 30.6 Å². The van der Waals surface area contributed by atoms with E-state index in [9.17, 15) is 0 Å². The zero-order valence-electron chi connectivity index (χ0n) is 10.4. The van der Waals surface area contributed by atoms with Gasteiger partial charge in [0.1, 0.15) is 12.4 Å². The van der Waals surface area contributed by atoms with E-state index in [4.69, 9.17) is 4.74 Å². The van der Waals surface area contributed by atoms with Crippen LogP contribution in [0.1, 0.15) is 26.2 Å². The molecule has 0 aromatic heterocycles. The number of ether oxygens (including phenoxy) is 1. The Morgan fingerprint density at radius 1 is 1.18 bits per heavy atom. The maximum atomic E-state index is 5.81. The molecule has 0 bridgehead atoms. The van der Waals surface area contributed by atoms with Crippen LogP contribution in [0.15, 0.2) is 28.7 Å². The first-order valence-electron chi connectivity index (χ1n) is 6.38. The van der Waals surface area contributed by atoms with Gasteiger partial charge in [0.05, 0.1) is 0 Å². The first-order valence-corrected chi connectivity index (χ1v) is 7.17. The highest BCUT2D eigenvalue weighted by Gasteiger charge is 2.16. The van der Waals surface area contributed by atoms with Crippen LogP contribution in [0.3, 0.4) is 0 Å². The van der Waals surface area contributed by atoms with Crippen LogP contribution in [0, 0.1) is 0 Å². The summed E-state index contributed by atoms with van der Waals surface area (Å²) in [7, 11) is 0. The van der Waals surface area contributed by atoms with E-state index in [2.05, 4.69) is 27.8 Å². The summed E-state index contributed by atoms with van der Waals surface area (Å²) in [5.74, 6) is 0.956. The second-order valence-corrected chi connectivity index (χ2v) is 5.63. The van der Waals surface area contributed by atoms with Crippen LogP contribution in [0.2, 0.25) is 0 Å². The van der Waals surface area contributed by atoms with Crippen molar-refractivity contribution in [1.82, 2.24) is 4.90 Å². The number of hydrogen-bond acceptors (Lipinski definition) is 2. The normalized spacial score (nSPS) is 18.9. The average Bonchev–Trinajstić information content (AvgIpc) is 2.39. The van der Waals surface area contributed by atoms with Crippen molar-refractivity contribution in [3.8, 4) is 5.75 Å². The van der Waals surface area contributed by atoms with E-state index < -0.39 is 0 Å². The summed E-state index contributed by atoms with van der Waals surface area (Å²) in [5.41, 5.74) is 0. The third kappa shape index (κ3) is 4.00. The Kier molecular flexibility index (Phi) is 4.86. The van der Waals surface area contributed by atoms with Gasteiger partial charge in [0, 0.05) is 10.5 Å². The molecule has 94 valence electrons. The minimum atomic E-state index is 0.513. The van der Waals surface area contributed by atoms with Crippen molar-refractivity contribution < 1.29 is 4.74 Å². The standard InChI is InChI=1S/C14H20BrNO/c1-12(16-9-3-2-4-10-16)11-17-14-7-5-13(15)6-8-14/h5-8,12H,2-4,9-11H2,1H3. The van der Waals surface area contributed by atoms with Gasteiger partial charge in [-0.2, -0.15) is 0 Å². The highest BCUT2D eigenvalue weighted by atomic mass is 79.9. The van der Waals surface area contributed by atoms with Crippen LogP contribution >= 0.6 is 15.9 Å². The molecule has 0 spiro atoms. The van der Waals surface area contributed by atoms with Gasteiger partial charge in [-0.05, 0) is 57.1 Å². The van der Waals surface area contributed by atoms with Crippen LogP contribution in [-0.2, 0) is 0 Å². The van der Waals surface area contributed by atoms with Crippen molar-refractivity contribution in [2.45, 2.75) is 32.2 Å². The molecule has 1 atom stereocenters. The summed E-state index contributed by atoms with van der Waals surface area (Å²) in [4.78, 5) is 2.53. The number of nitrogens with zero attached hydrogens (tertiary/aromatic N) is 1. The summed E-state index contributed by atoms with van der Waals surface area (Å²) < 4.78 is 6.91. The largest absolute Gasteiger partial charge is 0.492 e. The molecule has 0 radical (unpaired) electrons. The molecule has 0 aliphatic carbocycles. The molecule has 1 fully saturated rings. The summed E-state index contributed by atoms with van der Waals surface area (Å²) in [6, 6.07) is 8.56. The van der Waals surface area contributed by atoms with Gasteiger partial charge in [-0.25, -0.2) is 0 Å². The third-order valence-electron chi connectivity index (χ3n) is 3.32. The van der Waals surface area contributed by atoms with Gasteiger partial charge in [0.2, 0.25) is 0 Å². The second-order valence-electron chi connectivity index (χ2n) is 4.71. The maximum Gasteiger partial charge on any atom is 0.119 e. The second kappa shape index (κ2) is 6.41. The molecule has 0 amide bonds. The molecule has 0 saturated carbocycles. The lowest BCUT2D eigenvalue weighted by Gasteiger charge is -2.32. The molecule has 1 aromatic carbocycles. The van der Waals surface area contributed by atoms with E-state index in [1.165, 1.54) is 32.4 Å². The monoisotopic (exact) mass is 297 g/mol. The summed E-state index contributed by atoms with van der Waals surface area (Å²) in [6.07, 6.45) is 4.06. The number of halogens is 1. The maximum absolute atomic E-state index is 5.81. The number of hydrogen-bond donors (Lipinski definition) is 0. The topological polar surface area (TPSA) is 12.5 Å². The molecule has 1 heterocycles. The van der Waals surface area contributed by atoms with E-state index in [1.54, 1.807) is 0 Å². The number of benzene rings is 1. The molecule has 17 heavy (non-hydrogen) atoms. The van der Waals surface area contributed by atoms with Gasteiger partial charge < -0.3 is 4.74 Å². The van der Waals surface area contributed by atoms with E-state index in [0.717, 1.165) is 16.8 Å². The van der Waals surface area contributed by atoms with Crippen molar-refractivity contribution >= 4 is 15.9 Å². The molecule has 1 aliphatic heterocycles. The van der Waals surface area contributed by atoms with Crippen molar-refractivity contribution in [3.05, 3.63) is 28.7 Å². The molecule has 1 unspecified atom stereocenters. The fraction of sp³-hybridized carbons (Fsp3) is 0.571. The fourth-order valence-corrected chi connectivity index (χ4v) is 2.48. The zero-order chi connectivity index (χ0) is 12.1. The molecule has 3 heteroatoms. The van der Waals surface area contributed by atoms with Crippen molar-refractivity contribution in [2.24, 2.45) is 0 Å². The molecule has 2 rings (SSSR count). The van der Waals surface area contributed by atoms with E-state index in [0.29, 0.717) is 6.04 Å². The lowest BCUT2D eigenvalue weighted by Crippen LogP contribution is -2.40. The van der Waals surface area contributed by atoms with Gasteiger partial charge in [-0.3, -0.25) is 4.90 Å². The molecule has 1 aromatic rings. The number of rotatable bonds is 4. The Morgan fingerprint density at radius 3 is 2.47 bits per heavy atom. The molecule has 0 N–H and O–H groups in total. The van der Waals surface area contributed by atoms with Gasteiger partial charge in [0.25, 0.3) is 0 Å². The zero-order valence-corrected chi connectivity index (χ0v) is 11.9. The predicted molar refractivity (Wildman–Crippen MR) is 74.5 cm³/mol. The quantitative estimate of drug-likeness (QED) is 0.840. The Hall–Kier alpha value is -0.540. The van der Waals surface area contributed by atoms with Gasteiger partial charge in [-0.15, -0.1) is 0 Å². The van der Waals surface area contributed by atoms with Gasteiger partial charge in [-0.1, -0.05) is 22.4 Å². The summed E-state index contributed by atoms with van der Waals surface area (Å²) in [5, 5.41) is 0. The van der Waals surface area contributed by atoms with Gasteiger partial charge >= 0.3 is 0 Å². The van der Waals surface area contributed by atoms with Crippen LogP contribution in [0.25, 0.3) is 0 Å². The summed E-state index contributed by atoms with van der Waals surface area (Å²) >= 11 is 3.42. The average molecular weight is 298 g/mol. The van der Waals surface area contributed by atoms with Crippen LogP contribution < -0.4 is 4.74 Å². The molecule has 1 saturated heterocycles. The Morgan fingerprint density at radius 2 is 1.82 bits per heavy atom. The van der Waals surface area contributed by atoms with E-state index in [1.807, 2.05) is 24.3 Å². The summed E-state index contributed by atoms with van der Waals surface area (Å²) in [6.45, 7) is 5.49. The molecule has 2 nitrogen and oxygen atoms in total. The fourth-order valence-electron chi connectivity index (χ4n) is 2.21. The van der Waals surface area contributed by atoms with Crippen LogP contribution in [0.4, 0.5) is 0 Å². The lowest BCUT2D eigenvalue weighted by atomic mass is 10.1. The van der Waals surface area contributed by atoms with Gasteiger partial charge in [0.15, 0.2) is 0 Å². The van der Waals surface area contributed by atoms with Crippen molar-refractivity contribution in [3.63, 3.8) is 0 Å². The highest BCUT2D eigenvalue weighted by molar-refractivity contribution is 9.10. The van der Waals surface area contributed by atoms with Crippen molar-refractivity contribution in [1.29, 1.82) is 0 Å². The number of likely N-dealkylation sites (tertiary alicyclic amines) is 1. The minimum Gasteiger partial charge on any atom is -0.492 e. The Balaban J connectivity index is 1.78. The molecular formula is C14H20BrNO. The smallest absolute Gasteiger partial charge is 0.119 e. The SMILES string of the molecule is CC(COc1ccc(Br)cc1)N1CCCCC1. The molecular weight excluding hydrogens is 278 g/mol. The first-order chi connectivity index (χ1) is 8.25. The predicted octanol–water partition coefficient (Wildman–Crippen LogP) is 3.70. The third-order valence-corrected chi connectivity index (χ3v) is 3.85. The highest BCUT2D eigenvalue weighted by Crippen LogP contribution is 2.17. The lowest BCUT2D eigenvalue weighted by molar-refractivity contribution is 0.125. The Bertz CT molecular complexity index is 333. The van der Waals surface area contributed by atoms with Crippen LogP contribution in [0.5, 0.6) is 5.75 Å². The first kappa shape index (κ1) is 12.9. The molecule has 1 aliphatic rings. The minimum absolute atomic E-state index is 0.513. The van der Waals surface area contributed by atoms with E-state index in [-0.39, 0.29) is 0 Å².